The minimum atomic E-state index is -0.360. The predicted molar refractivity (Wildman–Crippen MR) is 73.6 cm³/mol. The summed E-state index contributed by atoms with van der Waals surface area (Å²) in [4.78, 5) is 34.3. The second-order valence-corrected chi connectivity index (χ2v) is 4.20. The number of ketones is 1. The number of amides is 1. The van der Waals surface area contributed by atoms with E-state index in [9.17, 15) is 14.4 Å². The fourth-order valence-electron chi connectivity index (χ4n) is 1.63. The van der Waals surface area contributed by atoms with Crippen LogP contribution < -0.4 is 10.9 Å². The highest BCUT2D eigenvalue weighted by atomic mass is 16.2. The number of anilines is 1. The van der Waals surface area contributed by atoms with Gasteiger partial charge in [0.25, 0.3) is 5.56 Å². The van der Waals surface area contributed by atoms with Crippen LogP contribution in [-0.2, 0) is 11.3 Å². The van der Waals surface area contributed by atoms with Gasteiger partial charge < -0.3 is 5.32 Å². The summed E-state index contributed by atoms with van der Waals surface area (Å²) in [7, 11) is 0. The Morgan fingerprint density at radius 3 is 2.50 bits per heavy atom. The lowest BCUT2D eigenvalue weighted by atomic mass is 10.1. The van der Waals surface area contributed by atoms with Crippen LogP contribution in [0, 0.1) is 0 Å². The van der Waals surface area contributed by atoms with E-state index in [1.54, 1.807) is 24.3 Å². The summed E-state index contributed by atoms with van der Waals surface area (Å²) in [5, 5.41) is 6.43. The Kier molecular flexibility index (Phi) is 4.05. The van der Waals surface area contributed by atoms with Crippen LogP contribution in [0.2, 0.25) is 0 Å². The largest absolute Gasteiger partial charge is 0.324 e. The highest BCUT2D eigenvalue weighted by Gasteiger charge is 2.06. The normalized spacial score (nSPS) is 10.1. The number of nitrogens with one attached hydrogen (secondary N) is 1. The molecule has 1 amide bonds. The minimum absolute atomic E-state index is 0.0390. The zero-order valence-electron chi connectivity index (χ0n) is 10.9. The smallest absolute Gasteiger partial charge is 0.267 e. The molecule has 1 aromatic carbocycles. The highest BCUT2D eigenvalue weighted by molar-refractivity contribution is 5.95. The van der Waals surface area contributed by atoms with Gasteiger partial charge in [0.15, 0.2) is 5.78 Å². The van der Waals surface area contributed by atoms with Crippen LogP contribution in [0.5, 0.6) is 0 Å². The molecule has 0 saturated heterocycles. The van der Waals surface area contributed by atoms with Crippen molar-refractivity contribution in [2.24, 2.45) is 0 Å². The van der Waals surface area contributed by atoms with Crippen molar-refractivity contribution in [1.82, 2.24) is 9.78 Å². The van der Waals surface area contributed by atoms with Crippen LogP contribution in [-0.4, -0.2) is 21.5 Å². The zero-order valence-corrected chi connectivity index (χ0v) is 10.9. The van der Waals surface area contributed by atoms with E-state index in [1.807, 2.05) is 0 Å². The lowest BCUT2D eigenvalue weighted by Crippen LogP contribution is -2.28. The first-order chi connectivity index (χ1) is 9.56. The van der Waals surface area contributed by atoms with Gasteiger partial charge in [-0.15, -0.1) is 0 Å². The van der Waals surface area contributed by atoms with E-state index < -0.39 is 0 Å². The number of rotatable bonds is 4. The maximum absolute atomic E-state index is 11.8. The number of benzene rings is 1. The van der Waals surface area contributed by atoms with Crippen molar-refractivity contribution in [2.45, 2.75) is 13.5 Å². The van der Waals surface area contributed by atoms with Gasteiger partial charge in [0.2, 0.25) is 5.91 Å². The van der Waals surface area contributed by atoms with Crippen molar-refractivity contribution in [3.05, 3.63) is 58.5 Å². The standard InChI is InChI=1S/C14H13N3O3/c1-10(18)11-4-6-12(7-5-11)16-13(19)9-17-14(20)3-2-8-15-17/h2-8H,9H2,1H3,(H,16,19). The molecule has 0 aliphatic carbocycles. The summed E-state index contributed by atoms with van der Waals surface area (Å²) >= 11 is 0. The van der Waals surface area contributed by atoms with Gasteiger partial charge in [0.05, 0.1) is 0 Å². The molecule has 0 atom stereocenters. The first-order valence-corrected chi connectivity index (χ1v) is 5.99. The molecule has 0 aliphatic rings. The number of hydrogen-bond donors (Lipinski definition) is 1. The lowest BCUT2D eigenvalue weighted by Gasteiger charge is -2.06. The molecule has 1 N–H and O–H groups in total. The highest BCUT2D eigenvalue weighted by Crippen LogP contribution is 2.09. The molecule has 0 saturated carbocycles. The molecule has 2 aromatic rings. The van der Waals surface area contributed by atoms with Gasteiger partial charge in [-0.2, -0.15) is 5.10 Å². The van der Waals surface area contributed by atoms with E-state index in [4.69, 9.17) is 0 Å². The van der Waals surface area contributed by atoms with Crippen molar-refractivity contribution in [3.8, 4) is 0 Å². The quantitative estimate of drug-likeness (QED) is 0.844. The summed E-state index contributed by atoms with van der Waals surface area (Å²) in [6.07, 6.45) is 1.44. The van der Waals surface area contributed by atoms with Gasteiger partial charge in [-0.3, -0.25) is 14.4 Å². The Bertz CT molecular complexity index is 689. The van der Waals surface area contributed by atoms with E-state index in [0.717, 1.165) is 4.68 Å². The van der Waals surface area contributed by atoms with Gasteiger partial charge in [-0.25, -0.2) is 4.68 Å². The van der Waals surface area contributed by atoms with Crippen LogP contribution in [0.3, 0.4) is 0 Å². The SMILES string of the molecule is CC(=O)c1ccc(NC(=O)Cn2ncccc2=O)cc1. The summed E-state index contributed by atoms with van der Waals surface area (Å²) in [5.41, 5.74) is 0.794. The molecule has 0 aliphatic heterocycles. The fraction of sp³-hybridized carbons (Fsp3) is 0.143. The van der Waals surface area contributed by atoms with Crippen molar-refractivity contribution in [3.63, 3.8) is 0 Å². The summed E-state index contributed by atoms with van der Waals surface area (Å²) in [6, 6.07) is 9.38. The minimum Gasteiger partial charge on any atom is -0.324 e. The first-order valence-electron chi connectivity index (χ1n) is 5.99. The molecule has 6 nitrogen and oxygen atoms in total. The van der Waals surface area contributed by atoms with Gasteiger partial charge in [0.1, 0.15) is 6.54 Å². The van der Waals surface area contributed by atoms with Crippen molar-refractivity contribution in [1.29, 1.82) is 0 Å². The summed E-state index contributed by atoms with van der Waals surface area (Å²) in [5.74, 6) is -0.399. The van der Waals surface area contributed by atoms with E-state index >= 15 is 0 Å². The molecule has 0 radical (unpaired) electrons. The second kappa shape index (κ2) is 5.92. The molecule has 0 unspecified atom stereocenters. The predicted octanol–water partition coefficient (Wildman–Crippen LogP) is 1.08. The van der Waals surface area contributed by atoms with E-state index in [2.05, 4.69) is 10.4 Å². The van der Waals surface area contributed by atoms with Crippen LogP contribution in [0.15, 0.2) is 47.4 Å². The number of nitrogens with zero attached hydrogens (tertiary/aromatic N) is 2. The topological polar surface area (TPSA) is 81.1 Å². The second-order valence-electron chi connectivity index (χ2n) is 4.20. The third kappa shape index (κ3) is 3.38. The van der Waals surface area contributed by atoms with Crippen LogP contribution in [0.25, 0.3) is 0 Å². The maximum Gasteiger partial charge on any atom is 0.267 e. The number of aromatic nitrogens is 2. The molecule has 102 valence electrons. The van der Waals surface area contributed by atoms with E-state index in [1.165, 1.54) is 25.3 Å². The lowest BCUT2D eigenvalue weighted by molar-refractivity contribution is -0.117. The number of hydrogen-bond acceptors (Lipinski definition) is 4. The summed E-state index contributed by atoms with van der Waals surface area (Å²) in [6.45, 7) is 1.31. The average molecular weight is 271 g/mol. The third-order valence-corrected chi connectivity index (χ3v) is 2.65. The number of carbonyl (C=O) groups is 2. The Morgan fingerprint density at radius 2 is 1.90 bits per heavy atom. The Hall–Kier alpha value is -2.76. The van der Waals surface area contributed by atoms with Crippen LogP contribution in [0.1, 0.15) is 17.3 Å². The van der Waals surface area contributed by atoms with E-state index in [0.29, 0.717) is 11.3 Å². The molecule has 0 fully saturated rings. The third-order valence-electron chi connectivity index (χ3n) is 2.65. The Labute approximate surface area is 115 Å². The summed E-state index contributed by atoms with van der Waals surface area (Å²) < 4.78 is 1.07. The molecule has 1 heterocycles. The van der Waals surface area contributed by atoms with Crippen molar-refractivity contribution < 1.29 is 9.59 Å². The average Bonchev–Trinajstić information content (AvgIpc) is 2.42. The zero-order chi connectivity index (χ0) is 14.5. The van der Waals surface area contributed by atoms with Crippen molar-refractivity contribution in [2.75, 3.05) is 5.32 Å². The number of carbonyl (C=O) groups excluding carboxylic acids is 2. The van der Waals surface area contributed by atoms with E-state index in [-0.39, 0.29) is 23.8 Å². The fourth-order valence-corrected chi connectivity index (χ4v) is 1.63. The Balaban J connectivity index is 2.03. The maximum atomic E-state index is 11.8. The molecule has 6 heteroatoms. The molecular weight excluding hydrogens is 258 g/mol. The van der Waals surface area contributed by atoms with Crippen molar-refractivity contribution >= 4 is 17.4 Å². The first kappa shape index (κ1) is 13.7. The molecule has 0 bridgehead atoms. The molecule has 1 aromatic heterocycles. The monoisotopic (exact) mass is 271 g/mol. The molecular formula is C14H13N3O3. The molecule has 2 rings (SSSR count). The van der Waals surface area contributed by atoms with Gasteiger partial charge >= 0.3 is 0 Å². The van der Waals surface area contributed by atoms with Crippen LogP contribution >= 0.6 is 0 Å². The molecule has 0 spiro atoms. The van der Waals surface area contributed by atoms with Gasteiger partial charge in [0, 0.05) is 23.5 Å². The van der Waals surface area contributed by atoms with Gasteiger partial charge in [-0.05, 0) is 37.3 Å². The Morgan fingerprint density at radius 1 is 1.20 bits per heavy atom. The van der Waals surface area contributed by atoms with Crippen LogP contribution in [0.4, 0.5) is 5.69 Å². The molecule has 20 heavy (non-hydrogen) atoms. The van der Waals surface area contributed by atoms with Gasteiger partial charge in [-0.1, -0.05) is 0 Å². The number of Topliss-reactive ketones (excluding diaryl/α,β-unsaturated/α-hetero) is 1.